The molecule has 1 aliphatic heterocycles. The fraction of sp³-hybridized carbons (Fsp3) is 1.00. The molecule has 0 N–H and O–H groups in total. The molecule has 0 aromatic carbocycles. The summed E-state index contributed by atoms with van der Waals surface area (Å²) < 4.78 is 49.1. The molecule has 6 nitrogen and oxygen atoms in total. The monoisotopic (exact) mass is 528 g/mol. The number of hydrogen-bond acceptors (Lipinski definition) is 6. The van der Waals surface area contributed by atoms with Crippen LogP contribution in [0.1, 0.15) is 149 Å². The molecule has 35 heavy (non-hydrogen) atoms. The molecule has 0 aromatic heterocycles. The van der Waals surface area contributed by atoms with Crippen molar-refractivity contribution in [2.24, 2.45) is 0 Å². The van der Waals surface area contributed by atoms with Crippen LogP contribution in [0.15, 0.2) is 0 Å². The van der Waals surface area contributed by atoms with Crippen molar-refractivity contribution in [3.05, 3.63) is 0 Å². The minimum absolute atomic E-state index is 0. The number of hydrogen-bond donors (Lipinski definition) is 0. The molecule has 1 rings (SSSR count). The van der Waals surface area contributed by atoms with Gasteiger partial charge < -0.3 is 14.0 Å². The van der Waals surface area contributed by atoms with Crippen molar-refractivity contribution < 1.29 is 56.2 Å². The zero-order valence-corrected chi connectivity index (χ0v) is 26.2. The Morgan fingerprint density at radius 3 is 1.49 bits per heavy atom. The van der Waals surface area contributed by atoms with Gasteiger partial charge in [0.25, 0.3) is 0 Å². The van der Waals surface area contributed by atoms with E-state index in [9.17, 15) is 13.0 Å². The molecule has 0 aromatic rings. The van der Waals surface area contributed by atoms with Gasteiger partial charge in [-0.2, -0.15) is 0 Å². The molecule has 1 saturated heterocycles. The van der Waals surface area contributed by atoms with Gasteiger partial charge >= 0.3 is 29.6 Å². The van der Waals surface area contributed by atoms with E-state index >= 15 is 0 Å². The van der Waals surface area contributed by atoms with E-state index in [2.05, 4.69) is 25.0 Å². The molecule has 1 aliphatic rings. The van der Waals surface area contributed by atoms with Crippen LogP contribution in [0.2, 0.25) is 0 Å². The Morgan fingerprint density at radius 1 is 0.657 bits per heavy atom. The fourth-order valence-corrected chi connectivity index (χ4v) is 5.24. The van der Waals surface area contributed by atoms with E-state index in [-0.39, 0.29) is 54.2 Å². The van der Waals surface area contributed by atoms with Crippen LogP contribution in [0.3, 0.4) is 0 Å². The largest absolute Gasteiger partial charge is 1.00 e. The molecule has 1 heterocycles. The predicted octanol–water partition coefficient (Wildman–Crippen LogP) is 4.81. The molecule has 0 unspecified atom stereocenters. The standard InChI is InChI=1S/C27H54O6S.Na/c1-4-7-10-11-14-17-20-25-26(33-27(32-25,22-8-5-2)23-9-6-3)21-18-15-12-13-16-19-24-31-34(28,29)30;/h25-26H,4-24H2,1-3H3,(H,28,29,30);/q;+1/p-1/t25-,26-;/m1./s1. The second-order valence-electron chi connectivity index (χ2n) is 10.1. The van der Waals surface area contributed by atoms with Gasteiger partial charge in [0.05, 0.1) is 18.8 Å². The van der Waals surface area contributed by atoms with Crippen LogP contribution >= 0.6 is 0 Å². The van der Waals surface area contributed by atoms with Gasteiger partial charge in [-0.05, 0) is 32.1 Å². The summed E-state index contributed by atoms with van der Waals surface area (Å²) in [4.78, 5) is 0. The summed E-state index contributed by atoms with van der Waals surface area (Å²) in [5.74, 6) is -0.370. The Labute approximate surface area is 239 Å². The van der Waals surface area contributed by atoms with Gasteiger partial charge in [0, 0.05) is 12.8 Å². The molecule has 0 aliphatic carbocycles. The van der Waals surface area contributed by atoms with Gasteiger partial charge in [-0.1, -0.05) is 104 Å². The molecule has 0 amide bonds. The van der Waals surface area contributed by atoms with E-state index in [1.807, 2.05) is 0 Å². The summed E-state index contributed by atoms with van der Waals surface area (Å²) in [5.41, 5.74) is 0. The van der Waals surface area contributed by atoms with Crippen molar-refractivity contribution in [1.82, 2.24) is 0 Å². The summed E-state index contributed by atoms with van der Waals surface area (Å²) in [5, 5.41) is 0. The zero-order chi connectivity index (χ0) is 25.1. The Balaban J connectivity index is 0.0000116. The van der Waals surface area contributed by atoms with Gasteiger partial charge in [-0.15, -0.1) is 0 Å². The van der Waals surface area contributed by atoms with Crippen LogP contribution in [0.25, 0.3) is 0 Å². The van der Waals surface area contributed by atoms with Gasteiger partial charge in [0.2, 0.25) is 10.4 Å². The summed E-state index contributed by atoms with van der Waals surface area (Å²) in [6.07, 6.45) is 23.0. The summed E-state index contributed by atoms with van der Waals surface area (Å²) in [6.45, 7) is 6.73. The summed E-state index contributed by atoms with van der Waals surface area (Å²) in [7, 11) is -4.55. The van der Waals surface area contributed by atoms with Crippen LogP contribution in [-0.4, -0.2) is 37.6 Å². The maximum absolute atomic E-state index is 10.4. The first kappa shape index (κ1) is 35.8. The van der Waals surface area contributed by atoms with E-state index in [0.717, 1.165) is 70.6 Å². The molecule has 204 valence electrons. The van der Waals surface area contributed by atoms with Gasteiger partial charge in [-0.3, -0.25) is 4.18 Å². The fourth-order valence-electron chi connectivity index (χ4n) is 4.92. The molecule has 1 fully saturated rings. The van der Waals surface area contributed by atoms with Crippen LogP contribution < -0.4 is 29.6 Å². The van der Waals surface area contributed by atoms with E-state index < -0.39 is 10.4 Å². The second-order valence-corrected chi connectivity index (χ2v) is 11.2. The minimum atomic E-state index is -4.55. The average molecular weight is 529 g/mol. The van der Waals surface area contributed by atoms with Gasteiger partial charge in [0.1, 0.15) is 0 Å². The first-order valence-corrected chi connectivity index (χ1v) is 15.6. The smallest absolute Gasteiger partial charge is 0.726 e. The molecular weight excluding hydrogens is 475 g/mol. The Hall–Kier alpha value is 0.790. The Morgan fingerprint density at radius 2 is 1.06 bits per heavy atom. The molecule has 2 atom stereocenters. The molecule has 0 bridgehead atoms. The number of ether oxygens (including phenoxy) is 2. The average Bonchev–Trinajstić information content (AvgIpc) is 3.14. The van der Waals surface area contributed by atoms with E-state index in [4.69, 9.17) is 9.47 Å². The van der Waals surface area contributed by atoms with E-state index in [0.29, 0.717) is 6.42 Å². The van der Waals surface area contributed by atoms with Crippen LogP contribution in [0.4, 0.5) is 0 Å². The van der Waals surface area contributed by atoms with Gasteiger partial charge in [0.15, 0.2) is 5.79 Å². The summed E-state index contributed by atoms with van der Waals surface area (Å²) in [6, 6.07) is 0. The summed E-state index contributed by atoms with van der Waals surface area (Å²) >= 11 is 0. The minimum Gasteiger partial charge on any atom is -0.726 e. The van der Waals surface area contributed by atoms with Crippen molar-refractivity contribution in [3.63, 3.8) is 0 Å². The third-order valence-electron chi connectivity index (χ3n) is 6.92. The molecule has 0 spiro atoms. The Kier molecular flexibility index (Phi) is 22.2. The first-order valence-electron chi connectivity index (χ1n) is 14.3. The van der Waals surface area contributed by atoms with Crippen molar-refractivity contribution >= 4 is 10.4 Å². The van der Waals surface area contributed by atoms with Crippen molar-refractivity contribution in [1.29, 1.82) is 0 Å². The van der Waals surface area contributed by atoms with E-state index in [1.165, 1.54) is 51.4 Å². The second kappa shape index (κ2) is 21.7. The van der Waals surface area contributed by atoms with Crippen LogP contribution in [0.5, 0.6) is 0 Å². The molecular formula is C27H53NaO6S. The number of rotatable bonds is 23. The SMILES string of the molecule is CCCCCCCC[C@H]1OC(CCCC)(CCCC)O[C@@H]1CCCCCCCCOS(=O)(=O)[O-].[Na+]. The predicted molar refractivity (Wildman–Crippen MR) is 137 cm³/mol. The van der Waals surface area contributed by atoms with Crippen LogP contribution in [-0.2, 0) is 24.1 Å². The van der Waals surface area contributed by atoms with Crippen LogP contribution in [0, 0.1) is 0 Å². The molecule has 8 heteroatoms. The molecule has 0 saturated carbocycles. The van der Waals surface area contributed by atoms with Crippen molar-refractivity contribution in [2.75, 3.05) is 6.61 Å². The normalized spacial score (nSPS) is 19.7. The topological polar surface area (TPSA) is 84.9 Å². The van der Waals surface area contributed by atoms with Crippen molar-refractivity contribution in [2.45, 2.75) is 167 Å². The van der Waals surface area contributed by atoms with Crippen molar-refractivity contribution in [3.8, 4) is 0 Å². The maximum Gasteiger partial charge on any atom is 1.00 e. The quantitative estimate of drug-likeness (QED) is 0.0819. The maximum atomic E-state index is 10.4. The number of unbranched alkanes of at least 4 members (excludes halogenated alkanes) is 12. The first-order chi connectivity index (χ1) is 16.4. The third kappa shape index (κ3) is 17.8. The third-order valence-corrected chi connectivity index (χ3v) is 7.38. The molecule has 0 radical (unpaired) electrons. The van der Waals surface area contributed by atoms with E-state index in [1.54, 1.807) is 0 Å². The Bertz CT molecular complexity index is 578. The van der Waals surface area contributed by atoms with Gasteiger partial charge in [-0.25, -0.2) is 8.42 Å². The zero-order valence-electron chi connectivity index (χ0n) is 23.4.